The lowest BCUT2D eigenvalue weighted by atomic mass is 10.0. The third kappa shape index (κ3) is 8.02. The van der Waals surface area contributed by atoms with Crippen molar-refractivity contribution < 1.29 is 24.5 Å². The molecule has 0 aliphatic heterocycles. The van der Waals surface area contributed by atoms with Crippen molar-refractivity contribution in [2.75, 3.05) is 6.54 Å². The van der Waals surface area contributed by atoms with Crippen molar-refractivity contribution in [2.24, 2.45) is 5.73 Å². The molecular weight excluding hydrogens is 497 g/mol. The van der Waals surface area contributed by atoms with Crippen LogP contribution in [0.3, 0.4) is 0 Å². The number of aliphatic hydroxyl groups excluding tert-OH is 2. The number of aliphatic hydroxyl groups is 2. The van der Waals surface area contributed by atoms with Crippen LogP contribution in [0, 0.1) is 5.82 Å². The van der Waals surface area contributed by atoms with Gasteiger partial charge in [-0.1, -0.05) is 43.0 Å². The fourth-order valence-electron chi connectivity index (χ4n) is 4.91. The number of aliphatic carboxylic acids is 1. The molecule has 3 aromatic rings. The maximum atomic E-state index is 13.7. The number of nitrogens with zero attached hydrogens (tertiary/aromatic N) is 1. The Bertz CT molecular complexity index is 1280. The van der Waals surface area contributed by atoms with Crippen molar-refractivity contribution in [3.8, 4) is 11.1 Å². The Hall–Kier alpha value is -3.46. The van der Waals surface area contributed by atoms with Gasteiger partial charge in [0.15, 0.2) is 0 Å². The van der Waals surface area contributed by atoms with E-state index < -0.39 is 24.2 Å². The van der Waals surface area contributed by atoms with Gasteiger partial charge >= 0.3 is 5.97 Å². The zero-order chi connectivity index (χ0) is 28.5. The molecule has 0 saturated heterocycles. The van der Waals surface area contributed by atoms with E-state index in [0.717, 1.165) is 34.1 Å². The lowest BCUT2D eigenvalue weighted by Crippen LogP contribution is -2.37. The van der Waals surface area contributed by atoms with Gasteiger partial charge in [-0.2, -0.15) is 0 Å². The second-order valence-corrected chi connectivity index (χ2v) is 10.2. The summed E-state index contributed by atoms with van der Waals surface area (Å²) in [5.41, 5.74) is 9.60. The fraction of sp³-hybridized carbons (Fsp3) is 0.387. The third-order valence-corrected chi connectivity index (χ3v) is 6.69. The predicted octanol–water partition coefficient (Wildman–Crippen LogP) is 5.23. The van der Waals surface area contributed by atoms with E-state index >= 15 is 0 Å². The van der Waals surface area contributed by atoms with Crippen LogP contribution in [0.15, 0.2) is 66.9 Å². The summed E-state index contributed by atoms with van der Waals surface area (Å²) in [5, 5.41) is 34.7. The monoisotopic (exact) mass is 537 g/mol. The topological polar surface area (TPSA) is 121 Å². The smallest absolute Gasteiger partial charge is 0.326 e. The molecule has 0 saturated carbocycles. The Morgan fingerprint density at radius 3 is 2.46 bits per heavy atom. The van der Waals surface area contributed by atoms with Gasteiger partial charge in [0.05, 0.1) is 12.2 Å². The van der Waals surface area contributed by atoms with E-state index in [1.165, 1.54) is 12.1 Å². The number of fused-ring (bicyclic) bond motifs is 1. The first-order valence-electron chi connectivity index (χ1n) is 13.4. The summed E-state index contributed by atoms with van der Waals surface area (Å²) in [6.45, 7) is 8.53. The Morgan fingerprint density at radius 1 is 1.13 bits per heavy atom. The number of para-hydroxylation sites is 1. The molecule has 1 heterocycles. The lowest BCUT2D eigenvalue weighted by molar-refractivity contribution is -0.139. The summed E-state index contributed by atoms with van der Waals surface area (Å²) < 4.78 is 15.9. The number of nitrogens with two attached hydrogens (primary N) is 1. The van der Waals surface area contributed by atoms with Crippen molar-refractivity contribution in [1.29, 1.82) is 0 Å². The molecule has 3 atom stereocenters. The predicted molar refractivity (Wildman–Crippen MR) is 155 cm³/mol. The van der Waals surface area contributed by atoms with Crippen molar-refractivity contribution in [1.82, 2.24) is 9.88 Å². The molecule has 0 radical (unpaired) electrons. The zero-order valence-corrected chi connectivity index (χ0v) is 22.7. The molecular formula is C31H40FN3O4. The van der Waals surface area contributed by atoms with Gasteiger partial charge in [0.2, 0.25) is 0 Å². The Morgan fingerprint density at radius 2 is 1.82 bits per heavy atom. The molecule has 39 heavy (non-hydrogen) atoms. The van der Waals surface area contributed by atoms with Gasteiger partial charge in [-0.05, 0) is 69.5 Å². The van der Waals surface area contributed by atoms with Crippen LogP contribution in [0.2, 0.25) is 0 Å². The highest BCUT2D eigenvalue weighted by Gasteiger charge is 2.21. The van der Waals surface area contributed by atoms with E-state index in [2.05, 4.69) is 30.3 Å². The third-order valence-electron chi connectivity index (χ3n) is 6.69. The first-order valence-corrected chi connectivity index (χ1v) is 13.4. The van der Waals surface area contributed by atoms with Crippen LogP contribution in [-0.2, 0) is 4.79 Å². The van der Waals surface area contributed by atoms with Crippen LogP contribution in [0.25, 0.3) is 28.1 Å². The summed E-state index contributed by atoms with van der Waals surface area (Å²) in [4.78, 5) is 11.5. The largest absolute Gasteiger partial charge is 0.480 e. The highest BCUT2D eigenvalue weighted by atomic mass is 19.1. The molecule has 7 nitrogen and oxygen atoms in total. The normalized spacial score (nSPS) is 14.1. The van der Waals surface area contributed by atoms with Crippen LogP contribution in [0.5, 0.6) is 0 Å². The maximum Gasteiger partial charge on any atom is 0.326 e. The van der Waals surface area contributed by atoms with Gasteiger partial charge in [-0.3, -0.25) is 0 Å². The molecule has 210 valence electrons. The highest BCUT2D eigenvalue weighted by molar-refractivity contribution is 6.01. The van der Waals surface area contributed by atoms with Gasteiger partial charge in [0.1, 0.15) is 11.9 Å². The Kier molecular flexibility index (Phi) is 10.9. The standard InChI is InChI=1S/C31H40FN3O4/c1-20(2)35-28-10-5-4-8-26(28)30(22-11-13-23(32)14-12-22)29(35)16-15-24(36)19-25(37)18-21(3)34-27(31(38)39)9-6-7-17-33/h4-5,8,10-16,20,24-25,27,34,36-37H,3,6-7,9,17-19,33H2,1-2H3,(H,38,39)/b16-15+/t24-,25+,27+/m0/s1. The Balaban J connectivity index is 1.77. The summed E-state index contributed by atoms with van der Waals surface area (Å²) >= 11 is 0. The fourth-order valence-corrected chi connectivity index (χ4v) is 4.91. The lowest BCUT2D eigenvalue weighted by Gasteiger charge is -2.20. The summed E-state index contributed by atoms with van der Waals surface area (Å²) in [6, 6.07) is 13.7. The number of carbonyl (C=O) groups is 1. The minimum absolute atomic E-state index is 0.0515. The van der Waals surface area contributed by atoms with Crippen LogP contribution < -0.4 is 11.1 Å². The summed E-state index contributed by atoms with van der Waals surface area (Å²) in [7, 11) is 0. The highest BCUT2D eigenvalue weighted by Crippen LogP contribution is 2.38. The van der Waals surface area contributed by atoms with Crippen molar-refractivity contribution in [2.45, 2.75) is 70.2 Å². The van der Waals surface area contributed by atoms with Crippen molar-refractivity contribution >= 4 is 22.9 Å². The van der Waals surface area contributed by atoms with E-state index in [1.807, 2.05) is 30.3 Å². The average molecular weight is 538 g/mol. The van der Waals surface area contributed by atoms with Crippen molar-refractivity contribution in [3.05, 3.63) is 78.4 Å². The van der Waals surface area contributed by atoms with E-state index in [1.54, 1.807) is 18.2 Å². The zero-order valence-electron chi connectivity index (χ0n) is 22.7. The average Bonchev–Trinajstić information content (AvgIpc) is 3.21. The van der Waals surface area contributed by atoms with Gasteiger partial charge in [-0.15, -0.1) is 0 Å². The second-order valence-electron chi connectivity index (χ2n) is 10.2. The van der Waals surface area contributed by atoms with Gasteiger partial charge in [-0.25, -0.2) is 9.18 Å². The van der Waals surface area contributed by atoms with E-state index in [-0.39, 0.29) is 24.7 Å². The number of carboxylic acids is 1. The van der Waals surface area contributed by atoms with Crippen LogP contribution in [0.1, 0.15) is 57.7 Å². The van der Waals surface area contributed by atoms with Crippen LogP contribution >= 0.6 is 0 Å². The SMILES string of the molecule is C=C(C[C@@H](O)C[C@@H](O)/C=C/c1c(-c2ccc(F)cc2)c2ccccc2n1C(C)C)N[C@H](CCCCN)C(=O)O. The molecule has 0 fully saturated rings. The first-order chi connectivity index (χ1) is 18.6. The first kappa shape index (κ1) is 30.1. The van der Waals surface area contributed by atoms with Gasteiger partial charge < -0.3 is 30.9 Å². The minimum Gasteiger partial charge on any atom is -0.480 e. The van der Waals surface area contributed by atoms with Crippen LogP contribution in [0.4, 0.5) is 4.39 Å². The van der Waals surface area contributed by atoms with Crippen LogP contribution in [-0.4, -0.2) is 50.7 Å². The minimum atomic E-state index is -0.983. The Labute approximate surface area is 229 Å². The molecule has 8 heteroatoms. The number of nitrogens with one attached hydrogen (secondary N) is 1. The molecule has 0 aliphatic rings. The molecule has 0 bridgehead atoms. The molecule has 0 unspecified atom stereocenters. The molecule has 2 aromatic carbocycles. The van der Waals surface area contributed by atoms with E-state index in [0.29, 0.717) is 25.1 Å². The molecule has 1 aromatic heterocycles. The number of halogens is 1. The van der Waals surface area contributed by atoms with Crippen molar-refractivity contribution in [3.63, 3.8) is 0 Å². The van der Waals surface area contributed by atoms with E-state index in [9.17, 15) is 24.5 Å². The molecule has 6 N–H and O–H groups in total. The van der Waals surface area contributed by atoms with Gasteiger partial charge in [0, 0.05) is 46.7 Å². The number of carboxylic acid groups (broad SMARTS) is 1. The molecule has 0 spiro atoms. The quantitative estimate of drug-likeness (QED) is 0.169. The number of unbranched alkanes of at least 4 members (excludes halogenated alkanes) is 1. The molecule has 0 amide bonds. The number of rotatable bonds is 15. The molecule has 0 aliphatic carbocycles. The number of hydrogen-bond donors (Lipinski definition) is 5. The summed E-state index contributed by atoms with van der Waals surface area (Å²) in [5.74, 6) is -1.29. The number of benzene rings is 2. The van der Waals surface area contributed by atoms with Gasteiger partial charge in [0.25, 0.3) is 0 Å². The maximum absolute atomic E-state index is 13.7. The second kappa shape index (κ2) is 14.1. The summed E-state index contributed by atoms with van der Waals surface area (Å²) in [6.07, 6.45) is 3.60. The molecule has 3 rings (SSSR count). The van der Waals surface area contributed by atoms with E-state index in [4.69, 9.17) is 5.73 Å². The number of hydrogen-bond acceptors (Lipinski definition) is 5. The number of aromatic nitrogens is 1.